The highest BCUT2D eigenvalue weighted by atomic mass is 16.5. The minimum atomic E-state index is -0.292. The van der Waals surface area contributed by atoms with Gasteiger partial charge in [-0.2, -0.15) is 0 Å². The van der Waals surface area contributed by atoms with E-state index in [0.29, 0.717) is 39.9 Å². The highest BCUT2D eigenvalue weighted by molar-refractivity contribution is 6.04. The number of anilines is 2. The maximum atomic E-state index is 12.8. The van der Waals surface area contributed by atoms with Crippen molar-refractivity contribution in [3.8, 4) is 22.8 Å². The second-order valence-corrected chi connectivity index (χ2v) is 10.5. The first-order valence-electron chi connectivity index (χ1n) is 12.2. The molecular weight excluding hydrogens is 464 g/mol. The van der Waals surface area contributed by atoms with Gasteiger partial charge in [0.25, 0.3) is 5.91 Å². The number of hydrogen-bond donors (Lipinski definition) is 2. The number of rotatable bonds is 7. The van der Waals surface area contributed by atoms with Gasteiger partial charge in [0, 0.05) is 33.8 Å². The number of nitrogens with one attached hydrogen (secondary N) is 2. The van der Waals surface area contributed by atoms with Crippen LogP contribution in [0.1, 0.15) is 45.0 Å². The van der Waals surface area contributed by atoms with Gasteiger partial charge in [-0.1, -0.05) is 51.1 Å². The number of carbonyl (C=O) groups excluding carboxylic acids is 1. The van der Waals surface area contributed by atoms with Crippen LogP contribution in [-0.4, -0.2) is 35.6 Å². The highest BCUT2D eigenvalue weighted by Gasteiger charge is 2.33. The summed E-state index contributed by atoms with van der Waals surface area (Å²) in [5.74, 6) is 1.51. The van der Waals surface area contributed by atoms with E-state index < -0.39 is 0 Å². The van der Waals surface area contributed by atoms with E-state index in [1.165, 1.54) is 0 Å². The number of carbonyl (C=O) groups is 1. The van der Waals surface area contributed by atoms with E-state index in [1.807, 2.05) is 54.6 Å². The number of hydrogen-bond acceptors (Lipinski definition) is 6. The van der Waals surface area contributed by atoms with Crippen molar-refractivity contribution in [3.63, 3.8) is 0 Å². The summed E-state index contributed by atoms with van der Waals surface area (Å²) >= 11 is 0. The third-order valence-corrected chi connectivity index (χ3v) is 6.93. The molecule has 0 aliphatic carbocycles. The normalized spacial score (nSPS) is 11.8. The van der Waals surface area contributed by atoms with E-state index >= 15 is 0 Å². The smallest absolute Gasteiger partial charge is 0.255 e. The van der Waals surface area contributed by atoms with Crippen LogP contribution in [0.5, 0.6) is 11.5 Å². The van der Waals surface area contributed by atoms with Crippen LogP contribution in [0, 0.1) is 5.41 Å². The number of aromatic nitrogens is 2. The van der Waals surface area contributed by atoms with Crippen molar-refractivity contribution < 1.29 is 14.3 Å². The van der Waals surface area contributed by atoms with Crippen molar-refractivity contribution in [2.24, 2.45) is 5.41 Å². The fourth-order valence-electron chi connectivity index (χ4n) is 3.74. The second-order valence-electron chi connectivity index (χ2n) is 10.5. The minimum absolute atomic E-state index is 0.0509. The molecule has 0 atom stereocenters. The zero-order chi connectivity index (χ0) is 26.8. The van der Waals surface area contributed by atoms with Gasteiger partial charge >= 0.3 is 0 Å². The second kappa shape index (κ2) is 10.1. The van der Waals surface area contributed by atoms with Crippen LogP contribution >= 0.6 is 0 Å². The van der Waals surface area contributed by atoms with E-state index in [1.54, 1.807) is 26.4 Å². The van der Waals surface area contributed by atoms with Gasteiger partial charge in [-0.25, -0.2) is 9.97 Å². The Morgan fingerprint density at radius 2 is 1.49 bits per heavy atom. The van der Waals surface area contributed by atoms with Crippen LogP contribution in [0.25, 0.3) is 22.2 Å². The topological polar surface area (TPSA) is 85.4 Å². The van der Waals surface area contributed by atoms with E-state index in [4.69, 9.17) is 19.4 Å². The van der Waals surface area contributed by atoms with Gasteiger partial charge < -0.3 is 20.1 Å². The van der Waals surface area contributed by atoms with Gasteiger partial charge in [0.2, 0.25) is 5.95 Å². The standard InChI is InChI=1S/C30H34N4O3/c1-29(2,3)30(4,5)34-28-32-23-18-25(37-7)24(36-6)17-22(23)26(33-28)20-14-11-15-21(16-20)31-27(35)19-12-9-8-10-13-19/h8-18H,1-7H3,(H,31,35)(H,32,33,34). The third-order valence-electron chi connectivity index (χ3n) is 6.93. The predicted molar refractivity (Wildman–Crippen MR) is 150 cm³/mol. The lowest BCUT2D eigenvalue weighted by molar-refractivity contribution is 0.102. The Bertz CT molecular complexity index is 1430. The summed E-state index contributed by atoms with van der Waals surface area (Å²) in [5.41, 5.74) is 3.19. The van der Waals surface area contributed by atoms with Crippen LogP contribution in [0.2, 0.25) is 0 Å². The molecule has 1 heterocycles. The van der Waals surface area contributed by atoms with Crippen molar-refractivity contribution in [3.05, 3.63) is 72.3 Å². The Kier molecular flexibility index (Phi) is 7.07. The van der Waals surface area contributed by atoms with Crippen LogP contribution < -0.4 is 20.1 Å². The number of benzene rings is 3. The maximum absolute atomic E-state index is 12.8. The molecule has 192 valence electrons. The van der Waals surface area contributed by atoms with Gasteiger partial charge in [-0.3, -0.25) is 4.79 Å². The van der Waals surface area contributed by atoms with Gasteiger partial charge in [0.1, 0.15) is 0 Å². The summed E-state index contributed by atoms with van der Waals surface area (Å²) in [5, 5.41) is 7.33. The van der Waals surface area contributed by atoms with Crippen LogP contribution in [0.15, 0.2) is 66.7 Å². The molecule has 1 aromatic heterocycles. The Morgan fingerprint density at radius 3 is 2.14 bits per heavy atom. The summed E-state index contributed by atoms with van der Waals surface area (Å²) in [6.07, 6.45) is 0. The van der Waals surface area contributed by atoms with Crippen molar-refractivity contribution in [1.82, 2.24) is 9.97 Å². The zero-order valence-electron chi connectivity index (χ0n) is 22.5. The first-order chi connectivity index (χ1) is 17.5. The molecule has 0 fully saturated rings. The third kappa shape index (κ3) is 5.50. The molecule has 0 aliphatic heterocycles. The SMILES string of the molecule is COc1cc2nc(NC(C)(C)C(C)(C)C)nc(-c3cccc(NC(=O)c4ccccc4)c3)c2cc1OC. The maximum Gasteiger partial charge on any atom is 0.255 e. The molecule has 7 nitrogen and oxygen atoms in total. The average molecular weight is 499 g/mol. The number of methoxy groups -OCH3 is 2. The van der Waals surface area contributed by atoms with Crippen molar-refractivity contribution >= 4 is 28.4 Å². The monoisotopic (exact) mass is 498 g/mol. The molecule has 1 amide bonds. The molecule has 0 unspecified atom stereocenters. The van der Waals surface area contributed by atoms with E-state index in [2.05, 4.69) is 45.3 Å². The lowest BCUT2D eigenvalue weighted by Crippen LogP contribution is -2.44. The largest absolute Gasteiger partial charge is 0.493 e. The number of nitrogens with zero attached hydrogens (tertiary/aromatic N) is 2. The van der Waals surface area contributed by atoms with E-state index in [-0.39, 0.29) is 16.9 Å². The fraction of sp³-hybridized carbons (Fsp3) is 0.300. The number of ether oxygens (including phenoxy) is 2. The Morgan fingerprint density at radius 1 is 0.811 bits per heavy atom. The molecule has 4 rings (SSSR count). The predicted octanol–water partition coefficient (Wildman–Crippen LogP) is 6.80. The molecule has 3 aromatic carbocycles. The van der Waals surface area contributed by atoms with Gasteiger partial charge in [0.15, 0.2) is 11.5 Å². The van der Waals surface area contributed by atoms with E-state index in [0.717, 1.165) is 10.9 Å². The summed E-state index contributed by atoms with van der Waals surface area (Å²) in [7, 11) is 3.21. The first kappa shape index (κ1) is 25.9. The quantitative estimate of drug-likeness (QED) is 0.291. The van der Waals surface area contributed by atoms with Gasteiger partial charge in [-0.15, -0.1) is 0 Å². The van der Waals surface area contributed by atoms with E-state index in [9.17, 15) is 4.79 Å². The Labute approximate surface area is 218 Å². The zero-order valence-corrected chi connectivity index (χ0v) is 22.5. The lowest BCUT2D eigenvalue weighted by atomic mass is 9.76. The van der Waals surface area contributed by atoms with Crippen molar-refractivity contribution in [2.75, 3.05) is 24.9 Å². The molecule has 0 aliphatic rings. The number of amides is 1. The molecule has 0 saturated heterocycles. The molecule has 0 saturated carbocycles. The molecular formula is C30H34N4O3. The fourth-order valence-corrected chi connectivity index (χ4v) is 3.74. The summed E-state index contributed by atoms with van der Waals surface area (Å²) < 4.78 is 11.1. The molecule has 2 N–H and O–H groups in total. The molecule has 7 heteroatoms. The molecule has 0 bridgehead atoms. The average Bonchev–Trinajstić information content (AvgIpc) is 2.87. The van der Waals surface area contributed by atoms with Crippen LogP contribution in [0.3, 0.4) is 0 Å². The molecule has 37 heavy (non-hydrogen) atoms. The van der Waals surface area contributed by atoms with Gasteiger partial charge in [0.05, 0.1) is 25.4 Å². The summed E-state index contributed by atoms with van der Waals surface area (Å²) in [6.45, 7) is 10.8. The minimum Gasteiger partial charge on any atom is -0.493 e. The molecule has 4 aromatic rings. The molecule has 0 spiro atoms. The lowest BCUT2D eigenvalue weighted by Gasteiger charge is -2.39. The van der Waals surface area contributed by atoms with Crippen LogP contribution in [-0.2, 0) is 0 Å². The number of fused-ring (bicyclic) bond motifs is 1. The summed E-state index contributed by atoms with van der Waals surface area (Å²) in [6, 6.07) is 20.5. The highest BCUT2D eigenvalue weighted by Crippen LogP contribution is 2.38. The van der Waals surface area contributed by atoms with Crippen LogP contribution in [0.4, 0.5) is 11.6 Å². The van der Waals surface area contributed by atoms with Gasteiger partial charge in [-0.05, 0) is 49.6 Å². The van der Waals surface area contributed by atoms with Crippen molar-refractivity contribution in [2.45, 2.75) is 40.2 Å². The first-order valence-corrected chi connectivity index (χ1v) is 12.2. The molecule has 0 radical (unpaired) electrons. The van der Waals surface area contributed by atoms with Crippen molar-refractivity contribution in [1.29, 1.82) is 0 Å². The summed E-state index contributed by atoms with van der Waals surface area (Å²) in [4.78, 5) is 22.5. The Hall–Kier alpha value is -4.13. The Balaban J connectivity index is 1.83.